The van der Waals surface area contributed by atoms with Crippen LogP contribution in [-0.4, -0.2) is 54.6 Å². The van der Waals surface area contributed by atoms with Gasteiger partial charge < -0.3 is 29.2 Å². The lowest BCUT2D eigenvalue weighted by atomic mass is 9.98. The third-order valence-corrected chi connectivity index (χ3v) is 3.67. The second-order valence-electron chi connectivity index (χ2n) is 4.93. The fraction of sp³-hybridized carbons (Fsp3) is 0.571. The fourth-order valence-corrected chi connectivity index (χ4v) is 2.62. The van der Waals surface area contributed by atoms with E-state index in [0.29, 0.717) is 0 Å². The number of methoxy groups -OCH3 is 1. The summed E-state index contributed by atoms with van der Waals surface area (Å²) in [7, 11) is 1.41. The Labute approximate surface area is 116 Å². The van der Waals surface area contributed by atoms with Gasteiger partial charge in [-0.1, -0.05) is 30.3 Å². The molecular formula is C14H18O6. The minimum Gasteiger partial charge on any atom is -0.387 e. The summed E-state index contributed by atoms with van der Waals surface area (Å²) in [5, 5.41) is 20.0. The summed E-state index contributed by atoms with van der Waals surface area (Å²) in [6.45, 7) is 0.245. The Bertz CT molecular complexity index is 439. The highest BCUT2D eigenvalue weighted by Crippen LogP contribution is 2.34. The quantitative estimate of drug-likeness (QED) is 0.806. The van der Waals surface area contributed by atoms with E-state index in [0.717, 1.165) is 5.56 Å². The van der Waals surface area contributed by atoms with Gasteiger partial charge in [-0.25, -0.2) is 0 Å². The van der Waals surface area contributed by atoms with Crippen LogP contribution in [0.5, 0.6) is 0 Å². The smallest absolute Gasteiger partial charge is 0.184 e. The number of aliphatic hydroxyl groups is 2. The summed E-state index contributed by atoms with van der Waals surface area (Å²) in [5.74, 6) is 0. The number of aliphatic hydroxyl groups excluding tert-OH is 2. The topological polar surface area (TPSA) is 77.4 Å². The van der Waals surface area contributed by atoms with Crippen LogP contribution in [0.1, 0.15) is 11.9 Å². The molecule has 3 rings (SSSR count). The zero-order chi connectivity index (χ0) is 14.1. The van der Waals surface area contributed by atoms with Gasteiger partial charge in [0.2, 0.25) is 0 Å². The van der Waals surface area contributed by atoms with E-state index in [1.807, 2.05) is 30.3 Å². The van der Waals surface area contributed by atoms with Crippen LogP contribution in [0.15, 0.2) is 30.3 Å². The molecule has 6 nitrogen and oxygen atoms in total. The second kappa shape index (κ2) is 5.77. The summed E-state index contributed by atoms with van der Waals surface area (Å²) in [4.78, 5) is 0. The lowest BCUT2D eigenvalue weighted by Gasteiger charge is -2.46. The first-order valence-electron chi connectivity index (χ1n) is 6.57. The van der Waals surface area contributed by atoms with Gasteiger partial charge in [0.25, 0.3) is 0 Å². The van der Waals surface area contributed by atoms with Crippen LogP contribution >= 0.6 is 0 Å². The molecule has 0 radical (unpaired) electrons. The van der Waals surface area contributed by atoms with E-state index < -0.39 is 37.0 Å². The summed E-state index contributed by atoms with van der Waals surface area (Å²) in [5.41, 5.74) is 0.873. The van der Waals surface area contributed by atoms with Gasteiger partial charge in [0, 0.05) is 12.7 Å². The highest BCUT2D eigenvalue weighted by molar-refractivity contribution is 5.16. The summed E-state index contributed by atoms with van der Waals surface area (Å²) < 4.78 is 21.8. The van der Waals surface area contributed by atoms with Gasteiger partial charge in [-0.15, -0.1) is 0 Å². The van der Waals surface area contributed by atoms with Gasteiger partial charge >= 0.3 is 0 Å². The number of ether oxygens (including phenoxy) is 4. The van der Waals surface area contributed by atoms with E-state index in [1.54, 1.807) is 0 Å². The average Bonchev–Trinajstić information content (AvgIpc) is 2.48. The molecule has 6 heteroatoms. The molecule has 0 aliphatic carbocycles. The third kappa shape index (κ3) is 2.46. The molecule has 2 fully saturated rings. The molecule has 110 valence electrons. The molecule has 20 heavy (non-hydrogen) atoms. The minimum absolute atomic E-state index is 0.245. The molecule has 2 aliphatic heterocycles. The molecule has 2 aliphatic rings. The maximum absolute atomic E-state index is 10.3. The number of rotatable bonds is 2. The Morgan fingerprint density at radius 1 is 1.15 bits per heavy atom. The van der Waals surface area contributed by atoms with Crippen molar-refractivity contribution in [2.24, 2.45) is 0 Å². The molecule has 0 saturated carbocycles. The molecule has 2 N–H and O–H groups in total. The first kappa shape index (κ1) is 13.9. The Kier molecular flexibility index (Phi) is 4.02. The van der Waals surface area contributed by atoms with Crippen molar-refractivity contribution in [3.63, 3.8) is 0 Å². The van der Waals surface area contributed by atoms with Crippen LogP contribution in [0.3, 0.4) is 0 Å². The van der Waals surface area contributed by atoms with Crippen LogP contribution in [0.4, 0.5) is 0 Å². The predicted octanol–water partition coefficient (Wildman–Crippen LogP) is 0.194. The second-order valence-corrected chi connectivity index (χ2v) is 4.93. The molecule has 2 heterocycles. The summed E-state index contributed by atoms with van der Waals surface area (Å²) in [6, 6.07) is 9.48. The van der Waals surface area contributed by atoms with Crippen LogP contribution in [0.25, 0.3) is 0 Å². The highest BCUT2D eigenvalue weighted by atomic mass is 16.7. The van der Waals surface area contributed by atoms with E-state index in [9.17, 15) is 10.2 Å². The van der Waals surface area contributed by atoms with E-state index in [-0.39, 0.29) is 6.61 Å². The van der Waals surface area contributed by atoms with Crippen LogP contribution in [0.2, 0.25) is 0 Å². The Hall–Kier alpha value is -1.02. The lowest BCUT2D eigenvalue weighted by molar-refractivity contribution is -0.357. The number of benzene rings is 1. The molecule has 1 aromatic carbocycles. The average molecular weight is 282 g/mol. The number of fused-ring (bicyclic) bond motifs is 1. The standard InChI is InChI=1S/C14H18O6/c1-17-12-10(15)11-9(19-13(12)16)7-18-14(20-11)8-5-3-2-4-6-8/h2-6,9-16H,7H2,1H3/t9-,10+,11+,12-,13+,14?/m1/s1. The molecule has 1 aromatic rings. The number of hydrogen-bond donors (Lipinski definition) is 2. The van der Waals surface area contributed by atoms with Gasteiger partial charge in [0.15, 0.2) is 12.6 Å². The van der Waals surface area contributed by atoms with Gasteiger partial charge in [-0.05, 0) is 0 Å². The first-order valence-corrected chi connectivity index (χ1v) is 6.57. The highest BCUT2D eigenvalue weighted by Gasteiger charge is 2.49. The summed E-state index contributed by atoms with van der Waals surface area (Å²) >= 11 is 0. The van der Waals surface area contributed by atoms with Crippen molar-refractivity contribution in [1.82, 2.24) is 0 Å². The van der Waals surface area contributed by atoms with E-state index in [1.165, 1.54) is 7.11 Å². The van der Waals surface area contributed by atoms with Crippen molar-refractivity contribution in [2.75, 3.05) is 13.7 Å². The van der Waals surface area contributed by atoms with Crippen molar-refractivity contribution >= 4 is 0 Å². The van der Waals surface area contributed by atoms with Gasteiger partial charge in [-0.2, -0.15) is 0 Å². The van der Waals surface area contributed by atoms with Crippen molar-refractivity contribution in [2.45, 2.75) is 37.0 Å². The monoisotopic (exact) mass is 282 g/mol. The van der Waals surface area contributed by atoms with Gasteiger partial charge in [0.05, 0.1) is 6.61 Å². The predicted molar refractivity (Wildman–Crippen MR) is 67.7 cm³/mol. The SMILES string of the molecule is CO[C@@H]1[C@@H](O)[C@H]2OC(c3ccccc3)OC[C@H]2O[C@@H]1O. The van der Waals surface area contributed by atoms with E-state index in [4.69, 9.17) is 18.9 Å². The van der Waals surface area contributed by atoms with Gasteiger partial charge in [-0.3, -0.25) is 0 Å². The zero-order valence-corrected chi connectivity index (χ0v) is 11.1. The molecule has 0 amide bonds. The Balaban J connectivity index is 1.75. The molecular weight excluding hydrogens is 264 g/mol. The maximum atomic E-state index is 10.3. The molecule has 0 bridgehead atoms. The van der Waals surface area contributed by atoms with Crippen LogP contribution < -0.4 is 0 Å². The normalized spacial score (nSPS) is 41.1. The van der Waals surface area contributed by atoms with Crippen molar-refractivity contribution in [3.05, 3.63) is 35.9 Å². The van der Waals surface area contributed by atoms with Crippen molar-refractivity contribution in [3.8, 4) is 0 Å². The third-order valence-electron chi connectivity index (χ3n) is 3.67. The van der Waals surface area contributed by atoms with Crippen LogP contribution in [-0.2, 0) is 18.9 Å². The van der Waals surface area contributed by atoms with E-state index >= 15 is 0 Å². The molecule has 0 spiro atoms. The molecule has 1 unspecified atom stereocenters. The lowest BCUT2D eigenvalue weighted by Crippen LogP contribution is -2.62. The van der Waals surface area contributed by atoms with Crippen molar-refractivity contribution < 1.29 is 29.2 Å². The van der Waals surface area contributed by atoms with Crippen molar-refractivity contribution in [1.29, 1.82) is 0 Å². The molecule has 2 saturated heterocycles. The van der Waals surface area contributed by atoms with E-state index in [2.05, 4.69) is 0 Å². The Morgan fingerprint density at radius 2 is 1.90 bits per heavy atom. The first-order chi connectivity index (χ1) is 9.70. The summed E-state index contributed by atoms with van der Waals surface area (Å²) in [6.07, 6.45) is -4.64. The zero-order valence-electron chi connectivity index (χ0n) is 11.1. The van der Waals surface area contributed by atoms with Crippen LogP contribution in [0, 0.1) is 0 Å². The largest absolute Gasteiger partial charge is 0.387 e. The minimum atomic E-state index is -1.18. The molecule has 6 atom stereocenters. The maximum Gasteiger partial charge on any atom is 0.184 e. The fourth-order valence-electron chi connectivity index (χ4n) is 2.62. The Morgan fingerprint density at radius 3 is 2.60 bits per heavy atom. The molecule has 0 aromatic heterocycles. The van der Waals surface area contributed by atoms with Gasteiger partial charge in [0.1, 0.15) is 24.4 Å². The number of hydrogen-bond acceptors (Lipinski definition) is 6.